The molecule has 6 rings (SSSR count). The second kappa shape index (κ2) is 12.7. The molecule has 3 aromatic rings. The minimum atomic E-state index is -1.67. The summed E-state index contributed by atoms with van der Waals surface area (Å²) >= 11 is 0. The van der Waals surface area contributed by atoms with Gasteiger partial charge in [-0.15, -0.1) is 0 Å². The molecule has 3 fully saturated rings. The molecule has 8 heteroatoms. The third-order valence-electron chi connectivity index (χ3n) is 10.00. The van der Waals surface area contributed by atoms with Crippen molar-refractivity contribution in [2.75, 3.05) is 13.1 Å². The molecule has 3 heterocycles. The highest BCUT2D eigenvalue weighted by Crippen LogP contribution is 2.47. The number of aromatic hydroxyl groups is 1. The van der Waals surface area contributed by atoms with Crippen molar-refractivity contribution in [3.05, 3.63) is 102 Å². The summed E-state index contributed by atoms with van der Waals surface area (Å²) in [5.74, 6) is -1.03. The van der Waals surface area contributed by atoms with Gasteiger partial charge in [0, 0.05) is 38.5 Å². The summed E-state index contributed by atoms with van der Waals surface area (Å²) in [5, 5.41) is 9.56. The maximum absolute atomic E-state index is 14.6. The number of phenols is 1. The zero-order valence-corrected chi connectivity index (χ0v) is 25.3. The number of esters is 2. The van der Waals surface area contributed by atoms with Crippen molar-refractivity contribution in [3.8, 4) is 5.75 Å². The van der Waals surface area contributed by atoms with E-state index in [0.717, 1.165) is 18.4 Å². The van der Waals surface area contributed by atoms with Gasteiger partial charge in [0.2, 0.25) is 11.9 Å². The van der Waals surface area contributed by atoms with E-state index in [1.807, 2.05) is 60.7 Å². The molecule has 4 atom stereocenters. The molecule has 2 bridgehead atoms. The van der Waals surface area contributed by atoms with Crippen molar-refractivity contribution in [1.29, 1.82) is 0 Å². The first-order valence-electron chi connectivity index (χ1n) is 15.9. The second-order valence-electron chi connectivity index (χ2n) is 12.7. The van der Waals surface area contributed by atoms with Gasteiger partial charge in [-0.05, 0) is 42.2 Å². The first kappa shape index (κ1) is 30.3. The number of phenolic OH excluding ortho intramolecular Hbond substituents is 1. The van der Waals surface area contributed by atoms with E-state index in [9.17, 15) is 14.7 Å². The predicted octanol–water partition coefficient (Wildman–Crippen LogP) is 4.96. The van der Waals surface area contributed by atoms with Gasteiger partial charge in [-0.3, -0.25) is 4.79 Å². The van der Waals surface area contributed by atoms with Gasteiger partial charge in [0.25, 0.3) is 0 Å². The largest absolute Gasteiger partial charge is 0.508 e. The molecule has 0 saturated carbocycles. The highest BCUT2D eigenvalue weighted by atomic mass is 16.7. The van der Waals surface area contributed by atoms with Crippen LogP contribution in [-0.4, -0.2) is 65.1 Å². The lowest BCUT2D eigenvalue weighted by Crippen LogP contribution is -2.60. The summed E-state index contributed by atoms with van der Waals surface area (Å²) in [5.41, 5.74) is 6.50. The van der Waals surface area contributed by atoms with Crippen molar-refractivity contribution in [1.82, 2.24) is 0 Å². The normalized spacial score (nSPS) is 23.6. The number of ether oxygens (including phenoxy) is 3. The van der Waals surface area contributed by atoms with Gasteiger partial charge in [0.15, 0.2) is 0 Å². The van der Waals surface area contributed by atoms with E-state index in [0.29, 0.717) is 23.2 Å². The van der Waals surface area contributed by atoms with E-state index in [2.05, 4.69) is 0 Å². The number of piperidine rings is 1. The van der Waals surface area contributed by atoms with E-state index in [1.54, 1.807) is 31.2 Å². The van der Waals surface area contributed by atoms with Gasteiger partial charge in [-0.25, -0.2) is 4.79 Å². The minimum Gasteiger partial charge on any atom is -0.508 e. The van der Waals surface area contributed by atoms with Crippen LogP contribution in [0.25, 0.3) is 0 Å². The maximum Gasteiger partial charge on any atom is 0.348 e. The first-order valence-corrected chi connectivity index (χ1v) is 15.9. The molecular formula is C36H43N2O6+. The van der Waals surface area contributed by atoms with Crippen LogP contribution in [0.3, 0.4) is 0 Å². The number of hydrogen-bond donors (Lipinski definition) is 2. The Bertz CT molecular complexity index is 1370. The molecule has 3 aliphatic heterocycles. The number of nitrogens with zero attached hydrogens (tertiary/aromatic N) is 1. The maximum atomic E-state index is 14.6. The van der Waals surface area contributed by atoms with Crippen molar-refractivity contribution in [2.45, 2.75) is 88.0 Å². The smallest absolute Gasteiger partial charge is 0.348 e. The number of hydrogen-bond acceptors (Lipinski definition) is 7. The van der Waals surface area contributed by atoms with Gasteiger partial charge in [-0.2, -0.15) is 0 Å². The van der Waals surface area contributed by atoms with Crippen LogP contribution in [0.5, 0.6) is 5.75 Å². The Morgan fingerprint density at radius 1 is 0.886 bits per heavy atom. The van der Waals surface area contributed by atoms with Crippen LogP contribution in [0.4, 0.5) is 0 Å². The molecule has 1 spiro atoms. The molecule has 0 aliphatic carbocycles. The van der Waals surface area contributed by atoms with Crippen LogP contribution < -0.4 is 5.73 Å². The third-order valence-corrected chi connectivity index (χ3v) is 10.00. The van der Waals surface area contributed by atoms with Crippen molar-refractivity contribution >= 4 is 11.9 Å². The van der Waals surface area contributed by atoms with Gasteiger partial charge in [0.1, 0.15) is 17.9 Å². The molecule has 8 nitrogen and oxygen atoms in total. The van der Waals surface area contributed by atoms with Gasteiger partial charge in [-0.1, -0.05) is 72.8 Å². The molecular weight excluding hydrogens is 556 g/mol. The summed E-state index contributed by atoms with van der Waals surface area (Å²) < 4.78 is 19.9. The molecule has 3 N–H and O–H groups in total. The van der Waals surface area contributed by atoms with Crippen molar-refractivity contribution in [3.63, 3.8) is 0 Å². The Hall–Kier alpha value is -3.72. The van der Waals surface area contributed by atoms with E-state index >= 15 is 0 Å². The third kappa shape index (κ3) is 5.86. The number of nitrogens with two attached hydrogens (primary N) is 1. The number of rotatable bonds is 10. The van der Waals surface area contributed by atoms with Crippen LogP contribution in [0, 0.1) is 0 Å². The van der Waals surface area contributed by atoms with Crippen LogP contribution in [0.2, 0.25) is 0 Å². The first-order chi connectivity index (χ1) is 21.3. The second-order valence-corrected chi connectivity index (χ2v) is 12.7. The summed E-state index contributed by atoms with van der Waals surface area (Å²) in [6.45, 7) is 4.09. The van der Waals surface area contributed by atoms with Crippen LogP contribution in [0.15, 0.2) is 84.9 Å². The monoisotopic (exact) mass is 599 g/mol. The molecule has 3 aromatic carbocycles. The fourth-order valence-electron chi connectivity index (χ4n) is 7.97. The number of benzene rings is 3. The SMILES string of the molecule is C[C@@H](OC(=O)[C@@H](N)Cc1ccc(O)cc1)OC(C(=O)OC1CC2CCC(C1)[N+]21CCCC1)(c1ccccc1)c1ccccc1. The fraction of sp³-hybridized carbons (Fsp3) is 0.444. The molecule has 3 saturated heterocycles. The highest BCUT2D eigenvalue weighted by Gasteiger charge is 2.57. The molecule has 44 heavy (non-hydrogen) atoms. The average molecular weight is 600 g/mol. The van der Waals surface area contributed by atoms with Crippen LogP contribution >= 0.6 is 0 Å². The lowest BCUT2D eigenvalue weighted by Gasteiger charge is -2.47. The standard InChI is InChI=1S/C36H42N2O6/c1-25(42-34(40)33(37)22-26-14-18-31(39)19-15-26)44-36(27-10-4-2-5-11-27,28-12-6-3-7-13-28)35(41)43-32-23-29-16-17-30(24-32)38(29)20-8-9-21-38/h2-7,10-15,18-19,25,29-30,32-33H,8-9,16-17,20-24,37H2,1H3/p+1/t25-,29?,30?,32?,33-/m0/s1. The topological polar surface area (TPSA) is 108 Å². The molecule has 2 unspecified atom stereocenters. The zero-order chi connectivity index (χ0) is 30.7. The Morgan fingerprint density at radius 2 is 1.43 bits per heavy atom. The predicted molar refractivity (Wildman–Crippen MR) is 165 cm³/mol. The van der Waals surface area contributed by atoms with E-state index in [-0.39, 0.29) is 18.3 Å². The Labute approximate surface area is 259 Å². The fourth-order valence-corrected chi connectivity index (χ4v) is 7.97. The van der Waals surface area contributed by atoms with E-state index in [4.69, 9.17) is 19.9 Å². The van der Waals surface area contributed by atoms with E-state index in [1.165, 1.54) is 43.3 Å². The number of carbonyl (C=O) groups excluding carboxylic acids is 2. The Balaban J connectivity index is 1.25. The summed E-state index contributed by atoms with van der Waals surface area (Å²) in [4.78, 5) is 27.6. The van der Waals surface area contributed by atoms with Gasteiger partial charge >= 0.3 is 11.9 Å². The Morgan fingerprint density at radius 3 is 1.98 bits per heavy atom. The molecule has 0 radical (unpaired) electrons. The summed E-state index contributed by atoms with van der Waals surface area (Å²) in [6.07, 6.45) is 5.57. The van der Waals surface area contributed by atoms with Crippen LogP contribution in [0.1, 0.15) is 62.1 Å². The lowest BCUT2D eigenvalue weighted by atomic mass is 9.85. The highest BCUT2D eigenvalue weighted by molar-refractivity contribution is 5.86. The summed E-state index contributed by atoms with van der Waals surface area (Å²) in [7, 11) is 0. The summed E-state index contributed by atoms with van der Waals surface area (Å²) in [6, 6.07) is 25.2. The molecule has 0 amide bonds. The van der Waals surface area contributed by atoms with Crippen molar-refractivity contribution in [2.24, 2.45) is 5.73 Å². The zero-order valence-electron chi connectivity index (χ0n) is 25.3. The number of quaternary nitrogens is 1. The Kier molecular flexibility index (Phi) is 8.76. The number of carbonyl (C=O) groups is 2. The van der Waals surface area contributed by atoms with Gasteiger partial charge < -0.3 is 29.5 Å². The average Bonchev–Trinajstić information content (AvgIpc) is 3.58. The quantitative estimate of drug-likeness (QED) is 0.193. The molecule has 232 valence electrons. The van der Waals surface area contributed by atoms with Crippen molar-refractivity contribution < 1.29 is 33.4 Å². The van der Waals surface area contributed by atoms with E-state index < -0.39 is 29.9 Å². The lowest BCUT2D eigenvalue weighted by molar-refractivity contribution is -0.956. The minimum absolute atomic E-state index is 0.134. The van der Waals surface area contributed by atoms with Crippen LogP contribution in [-0.2, 0) is 35.8 Å². The van der Waals surface area contributed by atoms with Gasteiger partial charge in [0.05, 0.1) is 25.2 Å². The molecule has 3 aliphatic rings. The molecule has 0 aromatic heterocycles.